The van der Waals surface area contributed by atoms with Gasteiger partial charge in [-0.05, 0) is 6.08 Å². The van der Waals surface area contributed by atoms with Gasteiger partial charge in [0, 0.05) is 0 Å². The van der Waals surface area contributed by atoms with Gasteiger partial charge < -0.3 is 4.43 Å². The average Bonchev–Trinajstić information content (AvgIpc) is 1.72. The van der Waals surface area contributed by atoms with Gasteiger partial charge in [-0.3, -0.25) is 0 Å². The lowest BCUT2D eigenvalue weighted by Gasteiger charge is -1.94. The second-order valence-corrected chi connectivity index (χ2v) is 2.23. The Balaban J connectivity index is 2.46. The fourth-order valence-corrected chi connectivity index (χ4v) is 0.948. The van der Waals surface area contributed by atoms with Gasteiger partial charge in [-0.1, -0.05) is 11.8 Å². The highest BCUT2D eigenvalue weighted by molar-refractivity contribution is 6.34. The highest BCUT2D eigenvalue weighted by atomic mass is 28.2. The van der Waals surface area contributed by atoms with E-state index < -0.39 is 0 Å². The maximum Gasteiger partial charge on any atom is 0.243 e. The summed E-state index contributed by atoms with van der Waals surface area (Å²) in [6.45, 7) is 0. The molecule has 32 valence electrons. The largest absolute Gasteiger partial charge is 0.551 e. The summed E-state index contributed by atoms with van der Waals surface area (Å²) in [7, 11) is -0.259. The third-order valence-electron chi connectivity index (χ3n) is 0.614. The van der Waals surface area contributed by atoms with Crippen molar-refractivity contribution in [2.45, 2.75) is 0 Å². The van der Waals surface area contributed by atoms with Crippen LogP contribution in [0.3, 0.4) is 0 Å². The first kappa shape index (κ1) is 3.68. The zero-order chi connectivity index (χ0) is 4.24. The van der Waals surface area contributed by atoms with Crippen molar-refractivity contribution in [2.75, 3.05) is 0 Å². The smallest absolute Gasteiger partial charge is 0.243 e. The molecule has 2 heteroatoms. The molecule has 0 fully saturated rings. The molecule has 0 N–H and O–H groups in total. The Morgan fingerprint density at radius 1 is 1.33 bits per heavy atom. The maximum atomic E-state index is 4.94. The number of rotatable bonds is 0. The Morgan fingerprint density at radius 3 is 2.50 bits per heavy atom. The van der Waals surface area contributed by atoms with Crippen molar-refractivity contribution in [1.82, 2.24) is 0 Å². The van der Waals surface area contributed by atoms with Crippen LogP contribution >= 0.6 is 0 Å². The molecule has 1 aliphatic heterocycles. The van der Waals surface area contributed by atoms with Crippen molar-refractivity contribution < 1.29 is 4.43 Å². The van der Waals surface area contributed by atoms with Crippen LogP contribution in [0.15, 0.2) is 24.1 Å². The van der Waals surface area contributed by atoms with E-state index in [2.05, 4.69) is 5.70 Å². The van der Waals surface area contributed by atoms with E-state index >= 15 is 0 Å². The molecule has 0 aromatic heterocycles. The second kappa shape index (κ2) is 1.82. The summed E-state index contributed by atoms with van der Waals surface area (Å²) >= 11 is 0. The molecule has 0 aromatic carbocycles. The second-order valence-electron chi connectivity index (χ2n) is 1.09. The lowest BCUT2D eigenvalue weighted by atomic mass is 10.6. The molecule has 1 aliphatic rings. The van der Waals surface area contributed by atoms with Crippen molar-refractivity contribution in [3.05, 3.63) is 24.1 Å². The molecule has 0 spiro atoms. The van der Waals surface area contributed by atoms with E-state index in [-0.39, 0.29) is 9.76 Å². The van der Waals surface area contributed by atoms with Gasteiger partial charge in [-0.2, -0.15) is 0 Å². The van der Waals surface area contributed by atoms with Crippen LogP contribution in [0.1, 0.15) is 0 Å². The Morgan fingerprint density at radius 2 is 2.33 bits per heavy atom. The van der Waals surface area contributed by atoms with Crippen LogP contribution in [0, 0.1) is 0 Å². The molecule has 0 aliphatic carbocycles. The van der Waals surface area contributed by atoms with Gasteiger partial charge in [0.25, 0.3) is 0 Å². The quantitative estimate of drug-likeness (QED) is 0.391. The Kier molecular flexibility index (Phi) is 1.12. The molecule has 1 rings (SSSR count). The fourth-order valence-electron chi connectivity index (χ4n) is 0.346. The van der Waals surface area contributed by atoms with Crippen LogP contribution in [-0.4, -0.2) is 9.76 Å². The van der Waals surface area contributed by atoms with Gasteiger partial charge in [0.2, 0.25) is 9.76 Å². The van der Waals surface area contributed by atoms with Gasteiger partial charge in [0.1, 0.15) is 0 Å². The molecule has 0 saturated carbocycles. The van der Waals surface area contributed by atoms with E-state index in [1.54, 1.807) is 6.26 Å². The Bertz CT molecular complexity index is 73.5. The molecule has 0 aromatic rings. The van der Waals surface area contributed by atoms with Crippen LogP contribution in [-0.2, 0) is 4.43 Å². The molecular weight excluding hydrogens is 92.1 g/mol. The van der Waals surface area contributed by atoms with Crippen molar-refractivity contribution in [1.29, 1.82) is 0 Å². The highest BCUT2D eigenvalue weighted by Crippen LogP contribution is 1.84. The van der Waals surface area contributed by atoms with Crippen molar-refractivity contribution in [3.8, 4) is 0 Å². The summed E-state index contributed by atoms with van der Waals surface area (Å²) in [6.07, 6.45) is 5.67. The molecule has 0 unspecified atom stereocenters. The van der Waals surface area contributed by atoms with Crippen molar-refractivity contribution in [2.24, 2.45) is 0 Å². The van der Waals surface area contributed by atoms with E-state index in [0.29, 0.717) is 0 Å². The van der Waals surface area contributed by atoms with Crippen LogP contribution in [0.5, 0.6) is 0 Å². The maximum absolute atomic E-state index is 4.94. The summed E-state index contributed by atoms with van der Waals surface area (Å²) in [5, 5.41) is 0. The minimum atomic E-state index is -0.259. The third-order valence-corrected chi connectivity index (χ3v) is 1.46. The molecule has 0 bridgehead atoms. The predicted molar refractivity (Wildman–Crippen MR) is 27.9 cm³/mol. The first-order valence-corrected chi connectivity index (χ1v) is 3.33. The predicted octanol–water partition coefficient (Wildman–Crippen LogP) is 0.128. The van der Waals surface area contributed by atoms with E-state index in [9.17, 15) is 0 Å². The molecule has 1 nitrogen and oxygen atoms in total. The Hall–Kier alpha value is -0.503. The minimum Gasteiger partial charge on any atom is -0.551 e. The van der Waals surface area contributed by atoms with Crippen LogP contribution in [0.4, 0.5) is 0 Å². The third kappa shape index (κ3) is 0.722. The standard InChI is InChI=1S/C4H6OSi/c1-2-4-6-5-3-1/h1-4H,6H2. The first-order chi connectivity index (χ1) is 3.00. The minimum absolute atomic E-state index is 0.259. The first-order valence-electron chi connectivity index (χ1n) is 1.93. The van der Waals surface area contributed by atoms with E-state index in [1.165, 1.54) is 0 Å². The topological polar surface area (TPSA) is 9.23 Å². The van der Waals surface area contributed by atoms with Gasteiger partial charge in [-0.15, -0.1) is 0 Å². The highest BCUT2D eigenvalue weighted by Gasteiger charge is 1.77. The summed E-state index contributed by atoms with van der Waals surface area (Å²) in [5.74, 6) is 0. The average molecular weight is 98.2 g/mol. The fraction of sp³-hybridized carbons (Fsp3) is 0. The van der Waals surface area contributed by atoms with Crippen LogP contribution in [0.2, 0.25) is 0 Å². The summed E-state index contributed by atoms with van der Waals surface area (Å²) in [6, 6.07) is 0. The molecule has 0 radical (unpaired) electrons. The molecule has 6 heavy (non-hydrogen) atoms. The lowest BCUT2D eigenvalue weighted by molar-refractivity contribution is 0.520. The van der Waals surface area contributed by atoms with E-state index in [4.69, 9.17) is 4.43 Å². The van der Waals surface area contributed by atoms with Crippen molar-refractivity contribution >= 4 is 9.76 Å². The molecule has 0 atom stereocenters. The number of allylic oxidation sites excluding steroid dienone is 2. The van der Waals surface area contributed by atoms with E-state index in [1.807, 2.05) is 12.2 Å². The summed E-state index contributed by atoms with van der Waals surface area (Å²) in [4.78, 5) is 0. The number of hydrogen-bond donors (Lipinski definition) is 0. The summed E-state index contributed by atoms with van der Waals surface area (Å²) < 4.78 is 4.94. The van der Waals surface area contributed by atoms with Crippen LogP contribution in [0.25, 0.3) is 0 Å². The van der Waals surface area contributed by atoms with Crippen molar-refractivity contribution in [3.63, 3.8) is 0 Å². The number of hydrogen-bond acceptors (Lipinski definition) is 1. The lowest BCUT2D eigenvalue weighted by Crippen LogP contribution is -1.88. The van der Waals surface area contributed by atoms with Gasteiger partial charge >= 0.3 is 0 Å². The molecule has 0 amide bonds. The van der Waals surface area contributed by atoms with E-state index in [0.717, 1.165) is 0 Å². The molecule has 1 heterocycles. The Labute approximate surface area is 39.3 Å². The normalized spacial score (nSPS) is 21.3. The van der Waals surface area contributed by atoms with Gasteiger partial charge in [0.15, 0.2) is 0 Å². The zero-order valence-electron chi connectivity index (χ0n) is 3.42. The summed E-state index contributed by atoms with van der Waals surface area (Å²) in [5.41, 5.74) is 2.10. The monoisotopic (exact) mass is 98.0 g/mol. The molecular formula is C4H6OSi. The molecule has 0 saturated heterocycles. The SMILES string of the molecule is C1=CO[SiH2]C=C1. The van der Waals surface area contributed by atoms with Gasteiger partial charge in [-0.25, -0.2) is 0 Å². The zero-order valence-corrected chi connectivity index (χ0v) is 4.84. The van der Waals surface area contributed by atoms with Gasteiger partial charge in [0.05, 0.1) is 6.26 Å². The van der Waals surface area contributed by atoms with Crippen LogP contribution < -0.4 is 0 Å².